The van der Waals surface area contributed by atoms with Gasteiger partial charge in [-0.2, -0.15) is 0 Å². The van der Waals surface area contributed by atoms with E-state index in [0.717, 1.165) is 68.6 Å². The van der Waals surface area contributed by atoms with Crippen LogP contribution in [0.15, 0.2) is 163 Å². The summed E-state index contributed by atoms with van der Waals surface area (Å²) in [5.74, 6) is 24.6. The fourth-order valence-electron chi connectivity index (χ4n) is 19.0. The van der Waals surface area contributed by atoms with Crippen molar-refractivity contribution >= 4 is 113 Å². The fourth-order valence-corrected chi connectivity index (χ4v) is 29.4. The van der Waals surface area contributed by atoms with Crippen LogP contribution >= 0.6 is 92.4 Å². The van der Waals surface area contributed by atoms with Crippen LogP contribution in [0.3, 0.4) is 0 Å². The molecule has 17 rings (SSSR count). The van der Waals surface area contributed by atoms with Crippen LogP contribution in [0.5, 0.6) is 0 Å². The van der Waals surface area contributed by atoms with Crippen molar-refractivity contribution in [3.8, 4) is 91.9 Å². The molecule has 110 heavy (non-hydrogen) atoms. The lowest BCUT2D eigenvalue weighted by atomic mass is 9.78. The molecule has 5 aliphatic heterocycles. The first-order valence-corrected chi connectivity index (χ1v) is 46.3. The van der Waals surface area contributed by atoms with E-state index in [9.17, 15) is 0 Å². The second-order valence-corrected chi connectivity index (χ2v) is 41.9. The van der Waals surface area contributed by atoms with Crippen molar-refractivity contribution in [1.29, 1.82) is 0 Å². The van der Waals surface area contributed by atoms with Crippen LogP contribution in [0.1, 0.15) is 238 Å². The highest BCUT2D eigenvalue weighted by Crippen LogP contribution is 2.59. The molecule has 4 unspecified atom stereocenters. The molecule has 1 saturated heterocycles. The maximum absolute atomic E-state index is 6.52. The van der Waals surface area contributed by atoms with Gasteiger partial charge in [0.05, 0.1) is 22.2 Å². The quantitative estimate of drug-likeness (QED) is 0.103. The molecule has 9 nitrogen and oxygen atoms in total. The Kier molecular flexibility index (Phi) is 24.7. The van der Waals surface area contributed by atoms with Crippen LogP contribution in [-0.2, 0) is 22.2 Å². The molecule has 8 aromatic rings. The van der Waals surface area contributed by atoms with Gasteiger partial charge >= 0.3 is 0 Å². The zero-order valence-electron chi connectivity index (χ0n) is 65.2. The number of nitrogens with two attached hydrogens (primary N) is 4. The summed E-state index contributed by atoms with van der Waals surface area (Å²) >= 11 is 14.6. The monoisotopic (exact) mass is 1600 g/mol. The molecule has 570 valence electrons. The molecule has 4 aromatic carbocycles. The normalized spacial score (nSPS) is 26.1. The van der Waals surface area contributed by atoms with Gasteiger partial charge in [0.2, 0.25) is 0 Å². The van der Waals surface area contributed by atoms with Crippen molar-refractivity contribution in [1.82, 2.24) is 4.90 Å². The third-order valence-corrected chi connectivity index (χ3v) is 33.7. The first-order chi connectivity index (χ1) is 53.1. The molecule has 6 atom stereocenters. The number of amidine groups is 4. The standard InChI is InChI=1S/C26H31N3S2.C23H26N2S2.2C22H24N2S2/c1-3-8-19-9-6-10-20(15-19)21-16-23(30-17-21)25(2)18-26(31-24(27)28-25)12-7-11-22(26)29-13-4-5-14-29;1-3-8-17-9-7-10-18(13-17)19-14-20(26-15-19)22(2)16-23(27-21(24)25-22)11-5-4-6-12-23;2*1-3-7-16-8-6-9-17(12-16)18-13-19(25-14-18)21(2)15-22(10-4-5-11-22)26-20(23)24-21/h6,9-10,15-17,22H,4-5,7,11-14,18H2,1-2H3,(H2,27,28);7,9-10,13-15H,4-6,11-12,16H2,1-2H3,(H2,24,25);2*6,8-9,12-14H,4-5,10-11,15H2,1-2H3,(H2,23,24)/t;22-;21-;/m.00./s1. The molecule has 9 aliphatic rings. The Morgan fingerprint density at radius 3 is 0.936 bits per heavy atom. The van der Waals surface area contributed by atoms with Crippen molar-refractivity contribution in [2.75, 3.05) is 13.1 Å². The van der Waals surface area contributed by atoms with E-state index in [2.05, 4.69) is 223 Å². The highest BCUT2D eigenvalue weighted by atomic mass is 32.2. The molecule has 4 aromatic heterocycles. The van der Waals surface area contributed by atoms with E-state index in [-0.39, 0.29) is 31.6 Å². The average molecular weight is 1610 g/mol. The third-order valence-electron chi connectivity index (χ3n) is 23.8. The Labute approximate surface area is 688 Å². The molecular weight excluding hydrogens is 1500 g/mol. The van der Waals surface area contributed by atoms with E-state index in [0.29, 0.717) is 15.5 Å². The summed E-state index contributed by atoms with van der Waals surface area (Å²) in [6.45, 7) is 19.1. The third kappa shape index (κ3) is 18.0. The van der Waals surface area contributed by atoms with Crippen molar-refractivity contribution < 1.29 is 0 Å². The number of hydrogen-bond acceptors (Lipinski definition) is 17. The lowest BCUT2D eigenvalue weighted by Gasteiger charge is -2.46. The van der Waals surface area contributed by atoms with E-state index < -0.39 is 0 Å². The Hall–Kier alpha value is -6.84. The minimum Gasteiger partial charge on any atom is -0.378 e. The van der Waals surface area contributed by atoms with E-state index >= 15 is 0 Å². The summed E-state index contributed by atoms with van der Waals surface area (Å²) in [5.41, 5.74) is 38.6. The van der Waals surface area contributed by atoms with E-state index in [1.54, 1.807) is 22.7 Å². The van der Waals surface area contributed by atoms with Gasteiger partial charge in [0, 0.05) is 66.8 Å². The zero-order valence-corrected chi connectivity index (χ0v) is 71.7. The summed E-state index contributed by atoms with van der Waals surface area (Å²) in [6.07, 6.45) is 27.7. The molecule has 0 bridgehead atoms. The van der Waals surface area contributed by atoms with Gasteiger partial charge in [-0.25, -0.2) is 0 Å². The van der Waals surface area contributed by atoms with Gasteiger partial charge in [0.25, 0.3) is 0 Å². The number of likely N-dealkylation sites (tertiary alicyclic amines) is 1. The summed E-state index contributed by atoms with van der Waals surface area (Å²) < 4.78 is 1.06. The van der Waals surface area contributed by atoms with Gasteiger partial charge < -0.3 is 22.9 Å². The van der Waals surface area contributed by atoms with Crippen LogP contribution in [0.4, 0.5) is 0 Å². The number of benzene rings is 4. The number of thiophene rings is 4. The van der Waals surface area contributed by atoms with Gasteiger partial charge in [-0.05, 0) is 297 Å². The average Bonchev–Trinajstić information content (AvgIpc) is 1.56. The Balaban J connectivity index is 0.000000123. The second kappa shape index (κ2) is 34.1. The topological polar surface area (TPSA) is 157 Å². The molecule has 17 heteroatoms. The first-order valence-electron chi connectivity index (χ1n) is 39.5. The molecule has 9 heterocycles. The number of aliphatic imine (C=N–C) groups is 4. The molecule has 4 saturated carbocycles. The van der Waals surface area contributed by atoms with Gasteiger partial charge in [-0.15, -0.1) is 69.0 Å². The van der Waals surface area contributed by atoms with Crippen LogP contribution in [-0.4, -0.2) is 63.7 Å². The molecule has 4 spiro atoms. The van der Waals surface area contributed by atoms with Crippen molar-refractivity contribution in [2.24, 2.45) is 42.9 Å². The maximum Gasteiger partial charge on any atom is 0.155 e. The van der Waals surface area contributed by atoms with Crippen molar-refractivity contribution in [3.05, 3.63) is 185 Å². The van der Waals surface area contributed by atoms with Crippen LogP contribution < -0.4 is 22.9 Å². The summed E-state index contributed by atoms with van der Waals surface area (Å²) in [4.78, 5) is 27.8. The SMILES string of the molecule is CC#Cc1cccc(-c2csc(C3(C)CC4(CCCC4)SC(N)=N3)c2)c1.CC#Cc1cccc(-c2csc(C3(C)CC4(CCCC4N4CCCC4)SC(N)=N3)c2)c1.CC#Cc1cccc(-c2csc([C@]3(C)CC4(CCCC4)SC(N)=N3)c2)c1.CC#Cc1cccc(-c2csc([C@]3(C)CC4(CCCCC4)SC(N)=N3)c2)c1. The highest BCUT2D eigenvalue weighted by molar-refractivity contribution is 8.15. The molecule has 8 N–H and O–H groups in total. The Bertz CT molecular complexity index is 4900. The minimum absolute atomic E-state index is 0.200. The molecule has 5 fully saturated rings. The lowest BCUT2D eigenvalue weighted by Crippen LogP contribution is -2.52. The van der Waals surface area contributed by atoms with Gasteiger partial charge in [0.15, 0.2) is 20.7 Å². The fraction of sp³-hybridized carbons (Fsp3) is 0.441. The number of thioether (sulfide) groups is 4. The number of hydrogen-bond donors (Lipinski definition) is 4. The van der Waals surface area contributed by atoms with E-state index in [1.165, 1.54) is 193 Å². The molecule has 0 radical (unpaired) electrons. The Morgan fingerprint density at radius 1 is 0.336 bits per heavy atom. The van der Waals surface area contributed by atoms with Gasteiger partial charge in [0.1, 0.15) is 0 Å². The minimum atomic E-state index is -0.249. The second-order valence-electron chi connectivity index (χ2n) is 32.4. The first kappa shape index (κ1) is 79.8. The van der Waals surface area contributed by atoms with Crippen molar-refractivity contribution in [2.45, 2.75) is 244 Å². The lowest BCUT2D eigenvalue weighted by molar-refractivity contribution is 0.192. The van der Waals surface area contributed by atoms with Crippen LogP contribution in [0.25, 0.3) is 44.5 Å². The molecule has 0 amide bonds. The highest BCUT2D eigenvalue weighted by Gasteiger charge is 2.55. The zero-order chi connectivity index (χ0) is 76.8. The Morgan fingerprint density at radius 2 is 0.627 bits per heavy atom. The smallest absolute Gasteiger partial charge is 0.155 e. The van der Waals surface area contributed by atoms with Gasteiger partial charge in [-0.1, -0.05) is 171 Å². The van der Waals surface area contributed by atoms with Crippen molar-refractivity contribution in [3.63, 3.8) is 0 Å². The summed E-state index contributed by atoms with van der Waals surface area (Å²) in [5, 5.41) is 12.1. The molecule has 4 aliphatic carbocycles. The van der Waals surface area contributed by atoms with E-state index in [1.807, 2.05) is 97.4 Å². The molecular formula is C93H105N9S8. The van der Waals surface area contributed by atoms with E-state index in [4.69, 9.17) is 42.9 Å². The van der Waals surface area contributed by atoms with Crippen LogP contribution in [0, 0.1) is 47.4 Å². The summed E-state index contributed by atoms with van der Waals surface area (Å²) in [6, 6.07) is 43.8. The predicted octanol–water partition coefficient (Wildman–Crippen LogP) is 23.5. The number of nitrogens with zero attached hydrogens (tertiary/aromatic N) is 5. The maximum atomic E-state index is 6.52. The number of rotatable bonds is 9. The predicted molar refractivity (Wildman–Crippen MR) is 483 cm³/mol. The summed E-state index contributed by atoms with van der Waals surface area (Å²) in [7, 11) is 0. The van der Waals surface area contributed by atoms with Gasteiger partial charge in [-0.3, -0.25) is 24.9 Å². The van der Waals surface area contributed by atoms with Crippen LogP contribution in [0.2, 0.25) is 0 Å². The largest absolute Gasteiger partial charge is 0.378 e.